The van der Waals surface area contributed by atoms with Crippen molar-refractivity contribution in [1.82, 2.24) is 10.6 Å². The van der Waals surface area contributed by atoms with Gasteiger partial charge in [-0.3, -0.25) is 4.79 Å². The van der Waals surface area contributed by atoms with Gasteiger partial charge in [-0.05, 0) is 56.5 Å². The van der Waals surface area contributed by atoms with Crippen molar-refractivity contribution in [1.29, 1.82) is 0 Å². The normalized spacial score (nSPS) is 16.9. The Labute approximate surface area is 143 Å². The van der Waals surface area contributed by atoms with E-state index in [9.17, 15) is 4.79 Å². The minimum absolute atomic E-state index is 0. The number of amides is 1. The van der Waals surface area contributed by atoms with E-state index < -0.39 is 0 Å². The highest BCUT2D eigenvalue weighted by Crippen LogP contribution is 2.21. The fourth-order valence-corrected chi connectivity index (χ4v) is 2.50. The Balaban J connectivity index is 0.00000242. The lowest BCUT2D eigenvalue weighted by Gasteiger charge is -2.11. The highest BCUT2D eigenvalue weighted by molar-refractivity contribution is 6.31. The lowest BCUT2D eigenvalue weighted by Crippen LogP contribution is -2.37. The molecule has 22 heavy (non-hydrogen) atoms. The number of nitrogens with one attached hydrogen (secondary N) is 2. The van der Waals surface area contributed by atoms with Crippen LogP contribution in [-0.2, 0) is 4.79 Å². The summed E-state index contributed by atoms with van der Waals surface area (Å²) in [5.41, 5.74) is 0.996. The number of halogens is 2. The molecule has 0 spiro atoms. The van der Waals surface area contributed by atoms with Gasteiger partial charge in [-0.15, -0.1) is 12.4 Å². The van der Waals surface area contributed by atoms with Gasteiger partial charge < -0.3 is 15.4 Å². The van der Waals surface area contributed by atoms with Crippen molar-refractivity contribution < 1.29 is 9.53 Å². The van der Waals surface area contributed by atoms with Crippen LogP contribution in [0, 0.1) is 6.92 Å². The van der Waals surface area contributed by atoms with E-state index in [0.717, 1.165) is 35.8 Å². The van der Waals surface area contributed by atoms with Crippen molar-refractivity contribution in [3.05, 3.63) is 28.8 Å². The number of carbonyl (C=O) groups excluding carboxylic acids is 1. The first-order chi connectivity index (χ1) is 10.1. The summed E-state index contributed by atoms with van der Waals surface area (Å²) in [6.45, 7) is 4.28. The summed E-state index contributed by atoms with van der Waals surface area (Å²) >= 11 is 5.96. The summed E-state index contributed by atoms with van der Waals surface area (Å²) in [5.74, 6) is 0.895. The number of aryl methyl sites for hydroxylation is 1. The molecule has 2 N–H and O–H groups in total. The molecule has 1 aliphatic heterocycles. The fraction of sp³-hybridized carbons (Fsp3) is 0.562. The van der Waals surface area contributed by atoms with E-state index in [1.807, 2.05) is 25.1 Å². The van der Waals surface area contributed by atoms with Crippen LogP contribution in [0.3, 0.4) is 0 Å². The molecule has 0 saturated carbocycles. The monoisotopic (exact) mass is 346 g/mol. The Kier molecular flexibility index (Phi) is 8.61. The lowest BCUT2D eigenvalue weighted by molar-refractivity contribution is -0.121. The maximum Gasteiger partial charge on any atom is 0.220 e. The van der Waals surface area contributed by atoms with Gasteiger partial charge in [-0.2, -0.15) is 0 Å². The second-order valence-electron chi connectivity index (χ2n) is 5.46. The van der Waals surface area contributed by atoms with Crippen LogP contribution >= 0.6 is 24.0 Å². The van der Waals surface area contributed by atoms with Gasteiger partial charge in [-0.1, -0.05) is 11.6 Å². The first kappa shape index (κ1) is 19.1. The van der Waals surface area contributed by atoms with E-state index in [-0.39, 0.29) is 18.3 Å². The second-order valence-corrected chi connectivity index (χ2v) is 5.87. The Morgan fingerprint density at radius 3 is 3.00 bits per heavy atom. The zero-order valence-electron chi connectivity index (χ0n) is 12.9. The van der Waals surface area contributed by atoms with Crippen molar-refractivity contribution in [2.24, 2.45) is 0 Å². The Bertz CT molecular complexity index is 477. The van der Waals surface area contributed by atoms with Gasteiger partial charge in [0.15, 0.2) is 0 Å². The summed E-state index contributed by atoms with van der Waals surface area (Å²) < 4.78 is 5.62. The molecule has 1 fully saturated rings. The predicted molar refractivity (Wildman–Crippen MR) is 92.2 cm³/mol. The number of hydrogen-bond acceptors (Lipinski definition) is 3. The standard InChI is InChI=1S/C16H23ClN2O2.ClH/c1-12-10-14(6-7-15(12)17)21-9-3-5-16(20)19-11-13-4-2-8-18-13;/h6-7,10,13,18H,2-5,8-9,11H2,1H3,(H,19,20);1H. The molecule has 1 amide bonds. The van der Waals surface area contributed by atoms with Crippen molar-refractivity contribution in [2.75, 3.05) is 19.7 Å². The molecule has 2 rings (SSSR count). The van der Waals surface area contributed by atoms with Crippen LogP contribution in [0.15, 0.2) is 18.2 Å². The molecule has 0 aromatic heterocycles. The Morgan fingerprint density at radius 2 is 2.32 bits per heavy atom. The molecule has 6 heteroatoms. The van der Waals surface area contributed by atoms with Crippen LogP contribution < -0.4 is 15.4 Å². The zero-order chi connectivity index (χ0) is 15.1. The molecule has 4 nitrogen and oxygen atoms in total. The molecule has 1 aromatic rings. The average molecular weight is 347 g/mol. The Hall–Kier alpha value is -0.970. The van der Waals surface area contributed by atoms with Crippen LogP contribution in [-0.4, -0.2) is 31.6 Å². The van der Waals surface area contributed by atoms with Gasteiger partial charge in [0.1, 0.15) is 5.75 Å². The van der Waals surface area contributed by atoms with Gasteiger partial charge >= 0.3 is 0 Å². The van der Waals surface area contributed by atoms with Crippen LogP contribution in [0.5, 0.6) is 5.75 Å². The first-order valence-electron chi connectivity index (χ1n) is 7.54. The van der Waals surface area contributed by atoms with E-state index in [0.29, 0.717) is 25.5 Å². The molecule has 0 bridgehead atoms. The summed E-state index contributed by atoms with van der Waals surface area (Å²) in [6, 6.07) is 6.03. The molecular weight excluding hydrogens is 323 g/mol. The molecule has 1 saturated heterocycles. The molecule has 124 valence electrons. The highest BCUT2D eigenvalue weighted by atomic mass is 35.5. The largest absolute Gasteiger partial charge is 0.494 e. The van der Waals surface area contributed by atoms with Crippen molar-refractivity contribution in [3.63, 3.8) is 0 Å². The zero-order valence-corrected chi connectivity index (χ0v) is 14.4. The van der Waals surface area contributed by atoms with Crippen molar-refractivity contribution >= 4 is 29.9 Å². The molecular formula is C16H24Cl2N2O2. The van der Waals surface area contributed by atoms with E-state index in [1.165, 1.54) is 6.42 Å². The highest BCUT2D eigenvalue weighted by Gasteiger charge is 2.14. The van der Waals surface area contributed by atoms with E-state index in [4.69, 9.17) is 16.3 Å². The van der Waals surface area contributed by atoms with Gasteiger partial charge in [0.2, 0.25) is 5.91 Å². The van der Waals surface area contributed by atoms with Gasteiger partial charge in [0.05, 0.1) is 6.61 Å². The lowest BCUT2D eigenvalue weighted by atomic mass is 10.2. The average Bonchev–Trinajstić information content (AvgIpc) is 2.98. The van der Waals surface area contributed by atoms with Crippen molar-refractivity contribution in [2.45, 2.75) is 38.6 Å². The molecule has 0 aliphatic carbocycles. The Morgan fingerprint density at radius 1 is 1.50 bits per heavy atom. The van der Waals surface area contributed by atoms with Crippen LogP contribution in [0.25, 0.3) is 0 Å². The van der Waals surface area contributed by atoms with Gasteiger partial charge in [0.25, 0.3) is 0 Å². The number of carbonyl (C=O) groups is 1. The molecule has 1 aromatic carbocycles. The summed E-state index contributed by atoms with van der Waals surface area (Å²) in [4.78, 5) is 11.7. The van der Waals surface area contributed by atoms with Gasteiger partial charge in [0, 0.05) is 24.0 Å². The van der Waals surface area contributed by atoms with Gasteiger partial charge in [-0.25, -0.2) is 0 Å². The third kappa shape index (κ3) is 6.42. The minimum atomic E-state index is 0. The van der Waals surface area contributed by atoms with Crippen LogP contribution in [0.2, 0.25) is 5.02 Å². The topological polar surface area (TPSA) is 50.4 Å². The molecule has 1 heterocycles. The maximum atomic E-state index is 11.7. The van der Waals surface area contributed by atoms with E-state index in [2.05, 4.69) is 10.6 Å². The summed E-state index contributed by atoms with van der Waals surface area (Å²) in [6.07, 6.45) is 3.57. The number of hydrogen-bond donors (Lipinski definition) is 2. The van der Waals surface area contributed by atoms with Crippen molar-refractivity contribution in [3.8, 4) is 5.75 Å². The number of rotatable bonds is 7. The summed E-state index contributed by atoms with van der Waals surface area (Å²) in [5, 5.41) is 7.06. The van der Waals surface area contributed by atoms with Crippen LogP contribution in [0.4, 0.5) is 0 Å². The van der Waals surface area contributed by atoms with E-state index in [1.54, 1.807) is 0 Å². The first-order valence-corrected chi connectivity index (χ1v) is 7.92. The smallest absolute Gasteiger partial charge is 0.220 e. The number of ether oxygens (including phenoxy) is 1. The maximum absolute atomic E-state index is 11.7. The SMILES string of the molecule is Cc1cc(OCCCC(=O)NCC2CCCN2)ccc1Cl.Cl. The fourth-order valence-electron chi connectivity index (χ4n) is 2.39. The molecule has 1 unspecified atom stereocenters. The number of benzene rings is 1. The van der Waals surface area contributed by atoms with Crippen LogP contribution in [0.1, 0.15) is 31.2 Å². The van der Waals surface area contributed by atoms with E-state index >= 15 is 0 Å². The molecule has 0 radical (unpaired) electrons. The third-order valence-electron chi connectivity index (χ3n) is 3.65. The molecule has 1 atom stereocenters. The quantitative estimate of drug-likeness (QED) is 0.746. The predicted octanol–water partition coefficient (Wildman–Crippen LogP) is 3.10. The molecule has 1 aliphatic rings. The minimum Gasteiger partial charge on any atom is -0.494 e. The third-order valence-corrected chi connectivity index (χ3v) is 4.08. The second kappa shape index (κ2) is 9.93. The summed E-state index contributed by atoms with van der Waals surface area (Å²) in [7, 11) is 0.